The van der Waals surface area contributed by atoms with E-state index in [9.17, 15) is 8.78 Å². The molecular formula is C12H13F2N3. The topological polar surface area (TPSA) is 40.7 Å². The lowest BCUT2D eigenvalue weighted by Gasteiger charge is -2.05. The van der Waals surface area contributed by atoms with Crippen LogP contribution in [0.5, 0.6) is 0 Å². The molecule has 3 nitrogen and oxygen atoms in total. The van der Waals surface area contributed by atoms with E-state index < -0.39 is 11.6 Å². The number of nitrogens with one attached hydrogen (secondary N) is 2. The molecule has 5 heteroatoms. The Bertz CT molecular complexity index is 508. The minimum Gasteiger partial charge on any atom is -0.313 e. The molecule has 0 spiro atoms. The molecule has 90 valence electrons. The molecule has 0 radical (unpaired) electrons. The van der Waals surface area contributed by atoms with Gasteiger partial charge in [-0.25, -0.2) is 8.78 Å². The van der Waals surface area contributed by atoms with Gasteiger partial charge in [0.2, 0.25) is 0 Å². The fraction of sp³-hybridized carbons (Fsp3) is 0.250. The summed E-state index contributed by atoms with van der Waals surface area (Å²) in [6.45, 7) is 3.34. The zero-order chi connectivity index (χ0) is 12.3. The quantitative estimate of drug-likeness (QED) is 0.857. The summed E-state index contributed by atoms with van der Waals surface area (Å²) >= 11 is 0. The first kappa shape index (κ1) is 11.7. The van der Waals surface area contributed by atoms with Gasteiger partial charge in [0.15, 0.2) is 11.6 Å². The van der Waals surface area contributed by atoms with Crippen LogP contribution in [0, 0.1) is 11.6 Å². The number of halogens is 2. The molecule has 2 rings (SSSR count). The van der Waals surface area contributed by atoms with Gasteiger partial charge in [0.05, 0.1) is 11.9 Å². The molecule has 1 aromatic heterocycles. The van der Waals surface area contributed by atoms with Crippen LogP contribution in [0.2, 0.25) is 0 Å². The number of H-pyrrole nitrogens is 1. The first-order valence-electron chi connectivity index (χ1n) is 5.41. The molecule has 0 unspecified atom stereocenters. The molecular weight excluding hydrogens is 224 g/mol. The number of aromatic nitrogens is 2. The molecule has 0 bridgehead atoms. The van der Waals surface area contributed by atoms with Crippen molar-refractivity contribution in [2.45, 2.75) is 13.5 Å². The van der Waals surface area contributed by atoms with Crippen LogP contribution in [0.1, 0.15) is 12.5 Å². The largest absolute Gasteiger partial charge is 0.313 e. The summed E-state index contributed by atoms with van der Waals surface area (Å²) in [6.07, 6.45) is 1.61. The Morgan fingerprint density at radius 1 is 1.35 bits per heavy atom. The number of hydrogen-bond donors (Lipinski definition) is 2. The predicted octanol–water partition coefficient (Wildman–Crippen LogP) is 2.46. The summed E-state index contributed by atoms with van der Waals surface area (Å²) in [6, 6.07) is 4.10. The van der Waals surface area contributed by atoms with Gasteiger partial charge in [0, 0.05) is 17.7 Å². The third-order valence-corrected chi connectivity index (χ3v) is 2.50. The number of aromatic amines is 1. The predicted molar refractivity (Wildman–Crippen MR) is 61.3 cm³/mol. The van der Waals surface area contributed by atoms with Crippen LogP contribution in [0.25, 0.3) is 11.3 Å². The van der Waals surface area contributed by atoms with E-state index in [1.54, 1.807) is 6.20 Å². The minimum absolute atomic E-state index is 0.204. The maximum Gasteiger partial charge on any atom is 0.168 e. The van der Waals surface area contributed by atoms with Gasteiger partial charge < -0.3 is 5.32 Å². The Kier molecular flexibility index (Phi) is 3.49. The first-order valence-corrected chi connectivity index (χ1v) is 5.41. The average molecular weight is 237 g/mol. The molecule has 2 N–H and O–H groups in total. The highest BCUT2D eigenvalue weighted by atomic mass is 19.2. The Morgan fingerprint density at radius 3 is 2.94 bits per heavy atom. The second-order valence-electron chi connectivity index (χ2n) is 3.65. The third-order valence-electron chi connectivity index (χ3n) is 2.50. The minimum atomic E-state index is -0.855. The summed E-state index contributed by atoms with van der Waals surface area (Å²) in [5.41, 5.74) is 1.54. The van der Waals surface area contributed by atoms with Crippen LogP contribution >= 0.6 is 0 Å². The second kappa shape index (κ2) is 5.05. The molecule has 0 saturated carbocycles. The van der Waals surface area contributed by atoms with Crippen molar-refractivity contribution < 1.29 is 8.78 Å². The Balaban J connectivity index is 2.39. The van der Waals surface area contributed by atoms with Gasteiger partial charge in [-0.15, -0.1) is 0 Å². The molecule has 0 saturated heterocycles. The fourth-order valence-electron chi connectivity index (χ4n) is 1.63. The van der Waals surface area contributed by atoms with Crippen LogP contribution in [0.15, 0.2) is 24.4 Å². The van der Waals surface area contributed by atoms with E-state index in [1.165, 1.54) is 12.1 Å². The highest BCUT2D eigenvalue weighted by Gasteiger charge is 2.14. The summed E-state index contributed by atoms with van der Waals surface area (Å²) in [5.74, 6) is -1.71. The summed E-state index contributed by atoms with van der Waals surface area (Å²) in [5, 5.41) is 9.69. The van der Waals surface area contributed by atoms with Crippen molar-refractivity contribution in [2.75, 3.05) is 6.54 Å². The molecule has 0 fully saturated rings. The normalized spacial score (nSPS) is 10.8. The van der Waals surface area contributed by atoms with Crippen molar-refractivity contribution in [3.63, 3.8) is 0 Å². The Labute approximate surface area is 97.9 Å². The van der Waals surface area contributed by atoms with Crippen LogP contribution in [0.4, 0.5) is 8.78 Å². The van der Waals surface area contributed by atoms with E-state index in [2.05, 4.69) is 15.5 Å². The number of benzene rings is 1. The standard InChI is InChI=1S/C12H13F2N3/c1-2-15-6-8-7-16-17-12(8)9-4-3-5-10(13)11(9)14/h3-5,7,15H,2,6H2,1H3,(H,16,17). The molecule has 2 aromatic rings. The van der Waals surface area contributed by atoms with Crippen molar-refractivity contribution in [1.29, 1.82) is 0 Å². The van der Waals surface area contributed by atoms with Gasteiger partial charge in [0.25, 0.3) is 0 Å². The first-order chi connectivity index (χ1) is 8.24. The van der Waals surface area contributed by atoms with Crippen LogP contribution in [-0.4, -0.2) is 16.7 Å². The van der Waals surface area contributed by atoms with Crippen molar-refractivity contribution in [2.24, 2.45) is 0 Å². The van der Waals surface area contributed by atoms with Crippen molar-refractivity contribution in [1.82, 2.24) is 15.5 Å². The number of nitrogens with zero attached hydrogens (tertiary/aromatic N) is 1. The molecule has 17 heavy (non-hydrogen) atoms. The number of hydrogen-bond acceptors (Lipinski definition) is 2. The van der Waals surface area contributed by atoms with Gasteiger partial charge in [-0.2, -0.15) is 5.10 Å². The molecule has 0 atom stereocenters. The van der Waals surface area contributed by atoms with E-state index in [-0.39, 0.29) is 5.56 Å². The summed E-state index contributed by atoms with van der Waals surface area (Å²) < 4.78 is 26.8. The molecule has 1 heterocycles. The monoisotopic (exact) mass is 237 g/mol. The zero-order valence-electron chi connectivity index (χ0n) is 9.43. The molecule has 0 aliphatic heterocycles. The van der Waals surface area contributed by atoms with E-state index in [0.29, 0.717) is 12.2 Å². The molecule has 0 aliphatic rings. The lowest BCUT2D eigenvalue weighted by molar-refractivity contribution is 0.510. The van der Waals surface area contributed by atoms with Crippen LogP contribution in [-0.2, 0) is 6.54 Å². The summed E-state index contributed by atoms with van der Waals surface area (Å²) in [4.78, 5) is 0. The summed E-state index contributed by atoms with van der Waals surface area (Å²) in [7, 11) is 0. The maximum atomic E-state index is 13.6. The average Bonchev–Trinajstić information content (AvgIpc) is 2.78. The smallest absolute Gasteiger partial charge is 0.168 e. The fourth-order valence-corrected chi connectivity index (χ4v) is 1.63. The SMILES string of the molecule is CCNCc1cn[nH]c1-c1cccc(F)c1F. The van der Waals surface area contributed by atoms with Crippen LogP contribution in [0.3, 0.4) is 0 Å². The highest BCUT2D eigenvalue weighted by Crippen LogP contribution is 2.25. The third kappa shape index (κ3) is 2.34. The van der Waals surface area contributed by atoms with Gasteiger partial charge in [0.1, 0.15) is 0 Å². The van der Waals surface area contributed by atoms with Gasteiger partial charge in [-0.1, -0.05) is 13.0 Å². The zero-order valence-corrected chi connectivity index (χ0v) is 9.43. The Hall–Kier alpha value is -1.75. The number of rotatable bonds is 4. The van der Waals surface area contributed by atoms with Crippen molar-refractivity contribution in [3.8, 4) is 11.3 Å². The second-order valence-corrected chi connectivity index (χ2v) is 3.65. The molecule has 1 aromatic carbocycles. The van der Waals surface area contributed by atoms with Gasteiger partial charge >= 0.3 is 0 Å². The van der Waals surface area contributed by atoms with Gasteiger partial charge in [-0.3, -0.25) is 5.10 Å². The van der Waals surface area contributed by atoms with E-state index >= 15 is 0 Å². The highest BCUT2D eigenvalue weighted by molar-refractivity contribution is 5.63. The maximum absolute atomic E-state index is 13.6. The van der Waals surface area contributed by atoms with Crippen molar-refractivity contribution >= 4 is 0 Å². The Morgan fingerprint density at radius 2 is 2.18 bits per heavy atom. The van der Waals surface area contributed by atoms with E-state index in [0.717, 1.165) is 18.2 Å². The van der Waals surface area contributed by atoms with Crippen molar-refractivity contribution in [3.05, 3.63) is 41.6 Å². The van der Waals surface area contributed by atoms with Gasteiger partial charge in [-0.05, 0) is 18.7 Å². The molecule has 0 amide bonds. The molecule has 0 aliphatic carbocycles. The lowest BCUT2D eigenvalue weighted by atomic mass is 10.1. The van der Waals surface area contributed by atoms with E-state index in [1.807, 2.05) is 6.92 Å². The lowest BCUT2D eigenvalue weighted by Crippen LogP contribution is -2.12. The van der Waals surface area contributed by atoms with E-state index in [4.69, 9.17) is 0 Å². The van der Waals surface area contributed by atoms with Crippen LogP contribution < -0.4 is 5.32 Å².